The van der Waals surface area contributed by atoms with E-state index in [9.17, 15) is 27.5 Å². The summed E-state index contributed by atoms with van der Waals surface area (Å²) in [5.74, 6) is -1.18. The minimum Gasteiger partial charge on any atom is -0.488 e. The number of rotatable bonds is 8. The van der Waals surface area contributed by atoms with E-state index in [4.69, 9.17) is 14.5 Å². The lowest BCUT2D eigenvalue weighted by Gasteiger charge is -2.31. The molecule has 1 N–H and O–H groups in total. The SMILES string of the molecule is O=C(O)c1ccc2nc(CN3CCc4cc(C(F)(F)F)c(OCc5ccccc5F)cc4C3)n(C[C@@H]3CCO3)c2c1. The van der Waals surface area contributed by atoms with Gasteiger partial charge in [-0.1, -0.05) is 18.2 Å². The molecule has 7 nitrogen and oxygen atoms in total. The minimum atomic E-state index is -4.63. The maximum atomic E-state index is 14.1. The summed E-state index contributed by atoms with van der Waals surface area (Å²) >= 11 is 0. The zero-order chi connectivity index (χ0) is 28.7. The summed E-state index contributed by atoms with van der Waals surface area (Å²) in [6.45, 7) is 2.18. The summed E-state index contributed by atoms with van der Waals surface area (Å²) in [4.78, 5) is 18.4. The smallest absolute Gasteiger partial charge is 0.419 e. The Labute approximate surface area is 232 Å². The number of ether oxygens (including phenoxy) is 2. The number of benzene rings is 3. The fourth-order valence-corrected chi connectivity index (χ4v) is 5.35. The number of halogens is 4. The highest BCUT2D eigenvalue weighted by molar-refractivity contribution is 5.92. The second kappa shape index (κ2) is 10.8. The van der Waals surface area contributed by atoms with Crippen LogP contribution in [0.5, 0.6) is 5.75 Å². The highest BCUT2D eigenvalue weighted by atomic mass is 19.4. The number of imidazole rings is 1. The molecule has 0 spiro atoms. The number of nitrogens with zero attached hydrogens (tertiary/aromatic N) is 3. The Morgan fingerprint density at radius 2 is 1.93 bits per heavy atom. The van der Waals surface area contributed by atoms with Crippen molar-refractivity contribution in [2.75, 3.05) is 13.2 Å². The first kappa shape index (κ1) is 27.2. The molecule has 2 aliphatic rings. The van der Waals surface area contributed by atoms with Crippen LogP contribution in [0, 0.1) is 5.82 Å². The summed E-state index contributed by atoms with van der Waals surface area (Å²) in [6, 6.07) is 13.2. The summed E-state index contributed by atoms with van der Waals surface area (Å²) in [6.07, 6.45) is -3.32. The standard InChI is InChI=1S/C30H27F4N3O4/c31-24-4-2-1-3-20(24)17-41-27-13-21-14-36(9-7-18(21)11-23(27)30(32,33)34)16-28-35-25-6-5-19(29(38)39)12-26(25)37(28)15-22-8-10-40-22/h1-6,11-13,22H,7-10,14-17H2,(H,38,39)/t22-/m0/s1. The van der Waals surface area contributed by atoms with Crippen molar-refractivity contribution in [2.45, 2.75) is 51.4 Å². The van der Waals surface area contributed by atoms with Crippen molar-refractivity contribution in [3.05, 3.63) is 94.1 Å². The van der Waals surface area contributed by atoms with E-state index in [1.54, 1.807) is 18.2 Å². The first-order valence-corrected chi connectivity index (χ1v) is 13.3. The molecule has 2 aliphatic heterocycles. The molecule has 0 unspecified atom stereocenters. The van der Waals surface area contributed by atoms with Gasteiger partial charge in [-0.25, -0.2) is 14.2 Å². The number of carboxylic acids is 1. The zero-order valence-electron chi connectivity index (χ0n) is 22.0. The van der Waals surface area contributed by atoms with Crippen LogP contribution in [0.2, 0.25) is 0 Å². The van der Waals surface area contributed by atoms with E-state index in [0.29, 0.717) is 61.4 Å². The Bertz CT molecular complexity index is 1610. The lowest BCUT2D eigenvalue weighted by molar-refractivity contribution is -0.139. The van der Waals surface area contributed by atoms with Gasteiger partial charge in [0.05, 0.1) is 41.4 Å². The second-order valence-electron chi connectivity index (χ2n) is 10.4. The van der Waals surface area contributed by atoms with Crippen molar-refractivity contribution < 1.29 is 36.9 Å². The van der Waals surface area contributed by atoms with Crippen molar-refractivity contribution >= 4 is 17.0 Å². The maximum absolute atomic E-state index is 14.1. The first-order valence-electron chi connectivity index (χ1n) is 13.3. The number of hydrogen-bond acceptors (Lipinski definition) is 5. The Balaban J connectivity index is 1.27. The lowest BCUT2D eigenvalue weighted by Crippen LogP contribution is -2.34. The van der Waals surface area contributed by atoms with Crippen molar-refractivity contribution in [1.29, 1.82) is 0 Å². The molecule has 11 heteroatoms. The van der Waals surface area contributed by atoms with Crippen LogP contribution in [-0.2, 0) is 43.6 Å². The summed E-state index contributed by atoms with van der Waals surface area (Å²) in [5.41, 5.74) is 2.11. The molecule has 1 fully saturated rings. The lowest BCUT2D eigenvalue weighted by atomic mass is 9.96. The normalized spacial score (nSPS) is 17.3. The fourth-order valence-electron chi connectivity index (χ4n) is 5.35. The van der Waals surface area contributed by atoms with Gasteiger partial charge in [0.15, 0.2) is 0 Å². The number of hydrogen-bond donors (Lipinski definition) is 1. The van der Waals surface area contributed by atoms with Crippen LogP contribution < -0.4 is 4.74 Å². The summed E-state index contributed by atoms with van der Waals surface area (Å²) < 4.78 is 69.0. The molecule has 0 aliphatic carbocycles. The highest BCUT2D eigenvalue weighted by Crippen LogP contribution is 2.40. The summed E-state index contributed by atoms with van der Waals surface area (Å²) in [7, 11) is 0. The van der Waals surface area contributed by atoms with Crippen LogP contribution in [0.4, 0.5) is 17.6 Å². The maximum Gasteiger partial charge on any atom is 0.419 e. The van der Waals surface area contributed by atoms with Gasteiger partial charge in [-0.05, 0) is 60.4 Å². The molecule has 1 saturated heterocycles. The Hall–Kier alpha value is -3.96. The van der Waals surface area contributed by atoms with Crippen LogP contribution >= 0.6 is 0 Å². The number of carbonyl (C=O) groups is 1. The van der Waals surface area contributed by atoms with Gasteiger partial charge in [-0.2, -0.15) is 13.2 Å². The van der Waals surface area contributed by atoms with Gasteiger partial charge in [-0.3, -0.25) is 4.90 Å². The van der Waals surface area contributed by atoms with Gasteiger partial charge < -0.3 is 19.1 Å². The molecule has 1 aromatic heterocycles. The van der Waals surface area contributed by atoms with Gasteiger partial charge in [0, 0.05) is 25.3 Å². The van der Waals surface area contributed by atoms with Crippen LogP contribution in [0.25, 0.3) is 11.0 Å². The molecule has 0 saturated carbocycles. The average Bonchev–Trinajstić information content (AvgIpc) is 3.24. The van der Waals surface area contributed by atoms with Gasteiger partial charge >= 0.3 is 12.1 Å². The monoisotopic (exact) mass is 569 g/mol. The molecule has 0 amide bonds. The number of aromatic nitrogens is 2. The molecule has 1 atom stereocenters. The Morgan fingerprint density at radius 1 is 1.12 bits per heavy atom. The zero-order valence-corrected chi connectivity index (χ0v) is 22.0. The van der Waals surface area contributed by atoms with Crippen LogP contribution in [0.15, 0.2) is 54.6 Å². The first-order chi connectivity index (χ1) is 19.7. The topological polar surface area (TPSA) is 76.8 Å². The van der Waals surface area contributed by atoms with Crippen LogP contribution in [0.1, 0.15) is 44.9 Å². The number of carboxylic acid groups (broad SMARTS) is 1. The van der Waals surface area contributed by atoms with Gasteiger partial charge in [0.1, 0.15) is 24.0 Å². The third kappa shape index (κ3) is 5.64. The molecule has 4 aromatic rings. The van der Waals surface area contributed by atoms with Crippen molar-refractivity contribution in [3.63, 3.8) is 0 Å². The van der Waals surface area contributed by atoms with Crippen LogP contribution in [0.3, 0.4) is 0 Å². The third-order valence-corrected chi connectivity index (χ3v) is 7.66. The molecule has 214 valence electrons. The van der Waals surface area contributed by atoms with E-state index in [2.05, 4.69) is 4.90 Å². The van der Waals surface area contributed by atoms with E-state index >= 15 is 0 Å². The Morgan fingerprint density at radius 3 is 2.63 bits per heavy atom. The second-order valence-corrected chi connectivity index (χ2v) is 10.4. The van der Waals surface area contributed by atoms with E-state index in [0.717, 1.165) is 18.3 Å². The van der Waals surface area contributed by atoms with Gasteiger partial charge in [0.2, 0.25) is 0 Å². The molecule has 0 bridgehead atoms. The quantitative estimate of drug-likeness (QED) is 0.270. The average molecular weight is 570 g/mol. The fraction of sp³-hybridized carbons (Fsp3) is 0.333. The minimum absolute atomic E-state index is 0.0108. The molecule has 3 heterocycles. The van der Waals surface area contributed by atoms with E-state index in [1.165, 1.54) is 30.3 Å². The molecule has 0 radical (unpaired) electrons. The highest BCUT2D eigenvalue weighted by Gasteiger charge is 2.36. The number of alkyl halides is 3. The predicted octanol–water partition coefficient (Wildman–Crippen LogP) is 5.82. The van der Waals surface area contributed by atoms with Gasteiger partial charge in [-0.15, -0.1) is 0 Å². The predicted molar refractivity (Wildman–Crippen MR) is 141 cm³/mol. The third-order valence-electron chi connectivity index (χ3n) is 7.66. The molecular weight excluding hydrogens is 542 g/mol. The van der Waals surface area contributed by atoms with Crippen molar-refractivity contribution in [2.24, 2.45) is 0 Å². The summed E-state index contributed by atoms with van der Waals surface area (Å²) in [5, 5.41) is 9.48. The molecule has 6 rings (SSSR count). The largest absolute Gasteiger partial charge is 0.488 e. The van der Waals surface area contributed by atoms with E-state index in [-0.39, 0.29) is 29.6 Å². The molecular formula is C30H27F4N3O4. The van der Waals surface area contributed by atoms with E-state index in [1.807, 2.05) is 4.57 Å². The van der Waals surface area contributed by atoms with E-state index < -0.39 is 23.5 Å². The molecule has 41 heavy (non-hydrogen) atoms. The number of fused-ring (bicyclic) bond motifs is 2. The van der Waals surface area contributed by atoms with Gasteiger partial charge in [0.25, 0.3) is 0 Å². The van der Waals surface area contributed by atoms with Crippen LogP contribution in [-0.4, -0.2) is 44.8 Å². The van der Waals surface area contributed by atoms with Crippen molar-refractivity contribution in [1.82, 2.24) is 14.5 Å². The Kier molecular flexibility index (Phi) is 7.16. The molecule has 3 aromatic carbocycles. The number of aromatic carboxylic acids is 1. The van der Waals surface area contributed by atoms with Crippen molar-refractivity contribution in [3.8, 4) is 5.75 Å².